The summed E-state index contributed by atoms with van der Waals surface area (Å²) in [5, 5.41) is 2.52. The van der Waals surface area contributed by atoms with Crippen LogP contribution in [0.4, 0.5) is 17.1 Å². The highest BCUT2D eigenvalue weighted by molar-refractivity contribution is 5.92. The third kappa shape index (κ3) is 7.46. The topological polar surface area (TPSA) is 3.24 Å². The lowest BCUT2D eigenvalue weighted by Crippen LogP contribution is -2.11. The second kappa shape index (κ2) is 16.0. The first-order valence-corrected chi connectivity index (χ1v) is 20.2. The number of nitrogens with zero attached hydrogens (tertiary/aromatic N) is 1. The SMILES string of the molecule is c1ccc(-c2cc(-c3ccccc3)cc(N(c3ccc(-c4ccc(-c5cccc(-c6ccc7ccccc7c6)c5)cc4)cc3)c3ccccc3-c3ccccc3)c2)cc1. The summed E-state index contributed by atoms with van der Waals surface area (Å²) in [5.74, 6) is 0. The number of rotatable bonds is 9. The molecule has 59 heavy (non-hydrogen) atoms. The summed E-state index contributed by atoms with van der Waals surface area (Å²) in [5.41, 5.74) is 17.6. The molecule has 0 heterocycles. The number of hydrogen-bond donors (Lipinski definition) is 0. The third-order valence-electron chi connectivity index (χ3n) is 11.2. The van der Waals surface area contributed by atoms with Crippen molar-refractivity contribution < 1.29 is 0 Å². The van der Waals surface area contributed by atoms with Gasteiger partial charge in [-0.3, -0.25) is 0 Å². The fraction of sp³-hybridized carbons (Fsp3) is 0. The molecule has 0 aliphatic heterocycles. The Kier molecular flexibility index (Phi) is 9.68. The van der Waals surface area contributed by atoms with Gasteiger partial charge in [-0.15, -0.1) is 0 Å². The van der Waals surface area contributed by atoms with Crippen LogP contribution in [0.3, 0.4) is 0 Å². The maximum atomic E-state index is 2.41. The number of hydrogen-bond acceptors (Lipinski definition) is 1. The molecule has 0 N–H and O–H groups in total. The maximum Gasteiger partial charge on any atom is 0.0540 e. The van der Waals surface area contributed by atoms with Crippen molar-refractivity contribution in [1.29, 1.82) is 0 Å². The molecule has 1 heteroatoms. The molecule has 10 rings (SSSR count). The van der Waals surface area contributed by atoms with Crippen LogP contribution in [0.1, 0.15) is 0 Å². The number of benzene rings is 10. The van der Waals surface area contributed by atoms with Gasteiger partial charge in [-0.1, -0.05) is 200 Å². The average Bonchev–Trinajstić information content (AvgIpc) is 3.33. The highest BCUT2D eigenvalue weighted by Crippen LogP contribution is 2.44. The van der Waals surface area contributed by atoms with Gasteiger partial charge in [-0.25, -0.2) is 0 Å². The van der Waals surface area contributed by atoms with E-state index in [0.29, 0.717) is 0 Å². The van der Waals surface area contributed by atoms with E-state index in [1.165, 1.54) is 77.5 Å². The molecule has 0 atom stereocenters. The predicted octanol–water partition coefficient (Wildman–Crippen LogP) is 16.3. The van der Waals surface area contributed by atoms with E-state index in [-0.39, 0.29) is 0 Å². The Hall–Kier alpha value is -7.74. The lowest BCUT2D eigenvalue weighted by Gasteiger charge is -2.29. The maximum absolute atomic E-state index is 2.41. The summed E-state index contributed by atoms with van der Waals surface area (Å²) in [6.07, 6.45) is 0. The fourth-order valence-electron chi connectivity index (χ4n) is 8.20. The molecule has 0 amide bonds. The molecule has 10 aromatic rings. The van der Waals surface area contributed by atoms with Gasteiger partial charge in [-0.2, -0.15) is 0 Å². The minimum absolute atomic E-state index is 1.09. The molecule has 1 nitrogen and oxygen atoms in total. The van der Waals surface area contributed by atoms with Crippen molar-refractivity contribution in [2.24, 2.45) is 0 Å². The van der Waals surface area contributed by atoms with Gasteiger partial charge in [0.15, 0.2) is 0 Å². The Morgan fingerprint density at radius 3 is 1.24 bits per heavy atom. The summed E-state index contributed by atoms with van der Waals surface area (Å²) in [6, 6.07) is 89.9. The number of anilines is 3. The molecule has 0 radical (unpaired) electrons. The van der Waals surface area contributed by atoms with Crippen molar-refractivity contribution in [3.8, 4) is 66.8 Å². The first kappa shape index (κ1) is 35.7. The van der Waals surface area contributed by atoms with Gasteiger partial charge in [0.2, 0.25) is 0 Å². The second-order valence-corrected chi connectivity index (χ2v) is 15.0. The van der Waals surface area contributed by atoms with Crippen LogP contribution in [0, 0.1) is 0 Å². The molecule has 0 saturated carbocycles. The molecule has 0 fully saturated rings. The zero-order valence-electron chi connectivity index (χ0n) is 32.6. The average molecular weight is 752 g/mol. The number of fused-ring (bicyclic) bond motifs is 1. The summed E-state index contributed by atoms with van der Waals surface area (Å²) in [7, 11) is 0. The van der Waals surface area contributed by atoms with Crippen LogP contribution < -0.4 is 4.90 Å². The van der Waals surface area contributed by atoms with E-state index in [2.05, 4.69) is 254 Å². The van der Waals surface area contributed by atoms with Gasteiger partial charge >= 0.3 is 0 Å². The van der Waals surface area contributed by atoms with E-state index < -0.39 is 0 Å². The Morgan fingerprint density at radius 2 is 0.610 bits per heavy atom. The molecule has 0 spiro atoms. The van der Waals surface area contributed by atoms with Crippen LogP contribution in [0.2, 0.25) is 0 Å². The molecule has 0 aliphatic rings. The van der Waals surface area contributed by atoms with Crippen LogP contribution in [-0.4, -0.2) is 0 Å². The van der Waals surface area contributed by atoms with E-state index in [1.54, 1.807) is 0 Å². The van der Waals surface area contributed by atoms with Crippen molar-refractivity contribution in [3.63, 3.8) is 0 Å². The second-order valence-electron chi connectivity index (χ2n) is 15.0. The van der Waals surface area contributed by atoms with Crippen LogP contribution in [-0.2, 0) is 0 Å². The predicted molar refractivity (Wildman–Crippen MR) is 251 cm³/mol. The van der Waals surface area contributed by atoms with Gasteiger partial charge < -0.3 is 4.90 Å². The highest BCUT2D eigenvalue weighted by Gasteiger charge is 2.19. The molecule has 0 aliphatic carbocycles. The lowest BCUT2D eigenvalue weighted by molar-refractivity contribution is 1.28. The van der Waals surface area contributed by atoms with Crippen LogP contribution >= 0.6 is 0 Å². The number of para-hydroxylation sites is 1. The Bertz CT molecular complexity index is 2950. The van der Waals surface area contributed by atoms with Crippen molar-refractivity contribution in [3.05, 3.63) is 249 Å². The monoisotopic (exact) mass is 751 g/mol. The van der Waals surface area contributed by atoms with Gasteiger partial charge in [0.05, 0.1) is 5.69 Å². The molecule has 0 unspecified atom stereocenters. The molecular weight excluding hydrogens is 711 g/mol. The standard InChI is InChI=1S/C58H41N/c1-4-15-42(16-5-1)53-39-54(43-17-6-2-7-18-43)41-56(40-53)59(58-26-13-12-25-57(58)48-20-8-3-9-21-48)55-35-33-46(34-36-55)45-27-29-47(30-28-45)50-23-14-24-51(37-50)52-32-31-44-19-10-11-22-49(44)38-52/h1-41H. The third-order valence-corrected chi connectivity index (χ3v) is 11.2. The van der Waals surface area contributed by atoms with Gasteiger partial charge in [0.25, 0.3) is 0 Å². The zero-order chi connectivity index (χ0) is 39.4. The Morgan fingerprint density at radius 1 is 0.203 bits per heavy atom. The molecule has 278 valence electrons. The first-order chi connectivity index (χ1) is 29.2. The van der Waals surface area contributed by atoms with E-state index in [0.717, 1.165) is 17.1 Å². The van der Waals surface area contributed by atoms with E-state index in [1.807, 2.05) is 0 Å². The van der Waals surface area contributed by atoms with Gasteiger partial charge in [0.1, 0.15) is 0 Å². The van der Waals surface area contributed by atoms with Crippen LogP contribution in [0.5, 0.6) is 0 Å². The van der Waals surface area contributed by atoms with Gasteiger partial charge in [-0.05, 0) is 121 Å². The Labute approximate surface area is 346 Å². The van der Waals surface area contributed by atoms with E-state index in [9.17, 15) is 0 Å². The summed E-state index contributed by atoms with van der Waals surface area (Å²) >= 11 is 0. The highest BCUT2D eigenvalue weighted by atomic mass is 15.1. The van der Waals surface area contributed by atoms with Crippen molar-refractivity contribution in [2.75, 3.05) is 4.90 Å². The van der Waals surface area contributed by atoms with Gasteiger partial charge in [0, 0.05) is 16.9 Å². The Balaban J connectivity index is 1.03. The minimum atomic E-state index is 1.09. The largest absolute Gasteiger partial charge is 0.310 e. The van der Waals surface area contributed by atoms with Crippen LogP contribution in [0.25, 0.3) is 77.5 Å². The molecular formula is C58H41N. The van der Waals surface area contributed by atoms with Crippen molar-refractivity contribution in [1.82, 2.24) is 0 Å². The normalized spacial score (nSPS) is 11.1. The van der Waals surface area contributed by atoms with E-state index >= 15 is 0 Å². The first-order valence-electron chi connectivity index (χ1n) is 20.2. The quantitative estimate of drug-likeness (QED) is 0.142. The van der Waals surface area contributed by atoms with Crippen molar-refractivity contribution >= 4 is 27.8 Å². The summed E-state index contributed by atoms with van der Waals surface area (Å²) < 4.78 is 0. The lowest BCUT2D eigenvalue weighted by atomic mass is 9.95. The fourth-order valence-corrected chi connectivity index (χ4v) is 8.20. The van der Waals surface area contributed by atoms with Crippen molar-refractivity contribution in [2.45, 2.75) is 0 Å². The summed E-state index contributed by atoms with van der Waals surface area (Å²) in [4.78, 5) is 2.41. The van der Waals surface area contributed by atoms with Crippen LogP contribution in [0.15, 0.2) is 249 Å². The molecule has 0 bridgehead atoms. The summed E-state index contributed by atoms with van der Waals surface area (Å²) in [6.45, 7) is 0. The molecule has 0 saturated heterocycles. The molecule has 10 aromatic carbocycles. The zero-order valence-corrected chi connectivity index (χ0v) is 32.6. The molecule has 0 aromatic heterocycles. The minimum Gasteiger partial charge on any atom is -0.310 e. The smallest absolute Gasteiger partial charge is 0.0540 e. The van der Waals surface area contributed by atoms with E-state index in [4.69, 9.17) is 0 Å².